The summed E-state index contributed by atoms with van der Waals surface area (Å²) in [6.45, 7) is 6.79. The first-order valence-electron chi connectivity index (χ1n) is 9.30. The molecule has 120 valence electrons. The van der Waals surface area contributed by atoms with Crippen LogP contribution in [0, 0.1) is 24.2 Å². The second kappa shape index (κ2) is 4.84. The summed E-state index contributed by atoms with van der Waals surface area (Å²) in [5.74, 6) is 2.28. The Morgan fingerprint density at radius 2 is 2.00 bits per heavy atom. The molecule has 0 aromatic heterocycles. The van der Waals surface area contributed by atoms with Crippen molar-refractivity contribution in [1.82, 2.24) is 0 Å². The second-order valence-corrected chi connectivity index (χ2v) is 8.50. The predicted molar refractivity (Wildman–Crippen MR) is 91.0 cm³/mol. The summed E-state index contributed by atoms with van der Waals surface area (Å²) < 4.78 is 0. The fourth-order valence-electron chi connectivity index (χ4n) is 6.40. The maximum absolute atomic E-state index is 11.2. The third-order valence-corrected chi connectivity index (χ3v) is 7.79. The second-order valence-electron chi connectivity index (χ2n) is 8.50. The summed E-state index contributed by atoms with van der Waals surface area (Å²) in [6, 6.07) is 7.12. The van der Waals surface area contributed by atoms with Gasteiger partial charge in [0.15, 0.2) is 0 Å². The van der Waals surface area contributed by atoms with Crippen LogP contribution in [0.25, 0.3) is 0 Å². The van der Waals surface area contributed by atoms with Gasteiger partial charge in [-0.25, -0.2) is 0 Å². The summed E-state index contributed by atoms with van der Waals surface area (Å²) in [5.41, 5.74) is 4.39. The molecule has 0 spiro atoms. The predicted octanol–water partition coefficient (Wildman–Crippen LogP) is 4.99. The lowest BCUT2D eigenvalue weighted by Crippen LogP contribution is -2.50. The first-order chi connectivity index (χ1) is 10.5. The fourth-order valence-corrected chi connectivity index (χ4v) is 6.40. The largest absolute Gasteiger partial charge is 0.389 e. The minimum atomic E-state index is -0.407. The Morgan fingerprint density at radius 1 is 1.18 bits per heavy atom. The Kier molecular flexibility index (Phi) is 3.24. The molecule has 0 amide bonds. The lowest BCUT2D eigenvalue weighted by atomic mass is 9.53. The van der Waals surface area contributed by atoms with Crippen LogP contribution < -0.4 is 0 Å². The number of rotatable bonds is 1. The fraction of sp³-hybridized carbons (Fsp3) is 0.714. The van der Waals surface area contributed by atoms with Crippen molar-refractivity contribution in [2.75, 3.05) is 0 Å². The van der Waals surface area contributed by atoms with Gasteiger partial charge in [0.1, 0.15) is 0 Å². The number of benzene rings is 1. The van der Waals surface area contributed by atoms with E-state index in [1.165, 1.54) is 37.7 Å². The lowest BCUT2D eigenvalue weighted by Gasteiger charge is -2.53. The Morgan fingerprint density at radius 3 is 2.77 bits per heavy atom. The van der Waals surface area contributed by atoms with Crippen molar-refractivity contribution in [3.63, 3.8) is 0 Å². The highest BCUT2D eigenvalue weighted by atomic mass is 16.3. The monoisotopic (exact) mass is 298 g/mol. The molecule has 0 bridgehead atoms. The first-order valence-corrected chi connectivity index (χ1v) is 9.30. The minimum Gasteiger partial charge on any atom is -0.389 e. The molecule has 1 N–H and O–H groups in total. The van der Waals surface area contributed by atoms with Crippen molar-refractivity contribution >= 4 is 0 Å². The molecular formula is C21H30O. The summed E-state index contributed by atoms with van der Waals surface area (Å²) >= 11 is 0. The molecule has 1 nitrogen and oxygen atoms in total. The molecule has 1 heteroatoms. The van der Waals surface area contributed by atoms with E-state index in [1.807, 2.05) is 0 Å². The van der Waals surface area contributed by atoms with E-state index in [1.54, 1.807) is 11.1 Å². The van der Waals surface area contributed by atoms with Gasteiger partial charge < -0.3 is 5.11 Å². The van der Waals surface area contributed by atoms with Crippen molar-refractivity contribution in [1.29, 1.82) is 0 Å². The molecule has 0 radical (unpaired) electrons. The zero-order valence-electron chi connectivity index (χ0n) is 14.4. The molecule has 2 saturated carbocycles. The zero-order valence-corrected chi connectivity index (χ0v) is 14.4. The van der Waals surface area contributed by atoms with E-state index < -0.39 is 5.60 Å². The minimum absolute atomic E-state index is 0.158. The SMILES string of the molecule is CCC1(O)CCC2C3CCc4cc(C)ccc4C3CCC21C. The van der Waals surface area contributed by atoms with Gasteiger partial charge in [0.2, 0.25) is 0 Å². The molecule has 3 aliphatic rings. The van der Waals surface area contributed by atoms with Crippen molar-refractivity contribution in [3.8, 4) is 0 Å². The van der Waals surface area contributed by atoms with Crippen molar-refractivity contribution in [2.45, 2.75) is 77.2 Å². The highest BCUT2D eigenvalue weighted by Crippen LogP contribution is 2.64. The Hall–Kier alpha value is -0.820. The molecular weight excluding hydrogens is 268 g/mol. The van der Waals surface area contributed by atoms with Gasteiger partial charge in [-0.1, -0.05) is 37.6 Å². The van der Waals surface area contributed by atoms with Crippen LogP contribution in [-0.2, 0) is 6.42 Å². The molecule has 4 rings (SSSR count). The van der Waals surface area contributed by atoms with Crippen LogP contribution in [0.15, 0.2) is 18.2 Å². The summed E-state index contributed by atoms with van der Waals surface area (Å²) in [5, 5.41) is 11.2. The van der Waals surface area contributed by atoms with Crippen LogP contribution in [0.4, 0.5) is 0 Å². The number of aliphatic hydroxyl groups is 1. The van der Waals surface area contributed by atoms with Crippen molar-refractivity contribution in [2.24, 2.45) is 17.3 Å². The summed E-state index contributed by atoms with van der Waals surface area (Å²) in [7, 11) is 0. The van der Waals surface area contributed by atoms with Crippen molar-refractivity contribution < 1.29 is 5.11 Å². The maximum atomic E-state index is 11.2. The van der Waals surface area contributed by atoms with E-state index in [4.69, 9.17) is 0 Å². The van der Waals surface area contributed by atoms with E-state index >= 15 is 0 Å². The van der Waals surface area contributed by atoms with Crippen molar-refractivity contribution in [3.05, 3.63) is 34.9 Å². The van der Waals surface area contributed by atoms with Gasteiger partial charge in [-0.3, -0.25) is 0 Å². The molecule has 5 unspecified atom stereocenters. The van der Waals surface area contributed by atoms with E-state index in [0.717, 1.165) is 30.6 Å². The van der Waals surface area contributed by atoms with E-state index in [2.05, 4.69) is 39.0 Å². The topological polar surface area (TPSA) is 20.2 Å². The molecule has 5 atom stereocenters. The highest BCUT2D eigenvalue weighted by molar-refractivity contribution is 5.38. The van der Waals surface area contributed by atoms with Crippen LogP contribution in [0.2, 0.25) is 0 Å². The number of fused-ring (bicyclic) bond motifs is 5. The average molecular weight is 298 g/mol. The summed E-state index contributed by atoms with van der Waals surface area (Å²) in [6.07, 6.45) is 8.24. The Balaban J connectivity index is 1.70. The smallest absolute Gasteiger partial charge is 0.0701 e. The van der Waals surface area contributed by atoms with Gasteiger partial charge >= 0.3 is 0 Å². The van der Waals surface area contributed by atoms with Crippen LogP contribution >= 0.6 is 0 Å². The normalized spacial score (nSPS) is 43.4. The number of hydrogen-bond acceptors (Lipinski definition) is 1. The first kappa shape index (κ1) is 14.8. The molecule has 1 aromatic rings. The average Bonchev–Trinajstić information content (AvgIpc) is 2.79. The quantitative estimate of drug-likeness (QED) is 0.774. The van der Waals surface area contributed by atoms with Gasteiger partial charge in [0.25, 0.3) is 0 Å². The third kappa shape index (κ3) is 1.81. The maximum Gasteiger partial charge on any atom is 0.0701 e. The molecule has 22 heavy (non-hydrogen) atoms. The Labute approximate surface area is 135 Å². The molecule has 1 aromatic carbocycles. The molecule has 0 saturated heterocycles. The van der Waals surface area contributed by atoms with Crippen LogP contribution in [0.1, 0.15) is 75.0 Å². The molecule has 3 aliphatic carbocycles. The molecule has 0 aliphatic heterocycles. The Bertz CT molecular complexity index is 592. The van der Waals surface area contributed by atoms with E-state index in [0.29, 0.717) is 0 Å². The van der Waals surface area contributed by atoms with Gasteiger partial charge in [0, 0.05) is 0 Å². The highest BCUT2D eigenvalue weighted by Gasteiger charge is 2.60. The molecule has 0 heterocycles. The zero-order chi connectivity index (χ0) is 15.5. The van der Waals surface area contributed by atoms with Crippen LogP contribution in [-0.4, -0.2) is 10.7 Å². The third-order valence-electron chi connectivity index (χ3n) is 7.79. The van der Waals surface area contributed by atoms with E-state index in [-0.39, 0.29) is 5.41 Å². The van der Waals surface area contributed by atoms with Gasteiger partial charge in [-0.05, 0) is 86.2 Å². The summed E-state index contributed by atoms with van der Waals surface area (Å²) in [4.78, 5) is 0. The number of aryl methyl sites for hydroxylation is 2. The van der Waals surface area contributed by atoms with Crippen LogP contribution in [0.3, 0.4) is 0 Å². The van der Waals surface area contributed by atoms with Gasteiger partial charge in [0.05, 0.1) is 5.60 Å². The number of hydrogen-bond donors (Lipinski definition) is 1. The van der Waals surface area contributed by atoms with Gasteiger partial charge in [-0.15, -0.1) is 0 Å². The lowest BCUT2D eigenvalue weighted by molar-refractivity contribution is -0.104. The van der Waals surface area contributed by atoms with Gasteiger partial charge in [-0.2, -0.15) is 0 Å². The standard InChI is InChI=1S/C21H30O/c1-4-21(22)12-10-19-18-8-6-15-13-14(2)5-7-16(15)17(18)9-11-20(19,21)3/h5,7,13,17-19,22H,4,6,8-12H2,1-3H3. The molecule has 2 fully saturated rings. The van der Waals surface area contributed by atoms with Crippen LogP contribution in [0.5, 0.6) is 0 Å². The van der Waals surface area contributed by atoms with E-state index in [9.17, 15) is 5.11 Å².